The van der Waals surface area contributed by atoms with Gasteiger partial charge in [-0.15, -0.1) is 0 Å². The van der Waals surface area contributed by atoms with Gasteiger partial charge in [-0.25, -0.2) is 0 Å². The van der Waals surface area contributed by atoms with Gasteiger partial charge in [-0.05, 0) is 19.9 Å². The Bertz CT molecular complexity index is 525. The van der Waals surface area contributed by atoms with Crippen molar-refractivity contribution in [2.75, 3.05) is 13.1 Å². The molecule has 0 aliphatic carbocycles. The molecule has 0 aliphatic heterocycles. The highest BCUT2D eigenvalue weighted by Gasteiger charge is 2.26. The zero-order chi connectivity index (χ0) is 14.6. The van der Waals surface area contributed by atoms with Gasteiger partial charge in [-0.1, -0.05) is 0 Å². The van der Waals surface area contributed by atoms with E-state index in [2.05, 4.69) is 0 Å². The first-order valence-corrected chi connectivity index (χ1v) is 5.64. The Morgan fingerprint density at radius 3 is 2.05 bits per heavy atom. The summed E-state index contributed by atoms with van der Waals surface area (Å²) in [5.41, 5.74) is -1.23. The lowest BCUT2D eigenvalue weighted by Gasteiger charge is -2.18. The van der Waals surface area contributed by atoms with Gasteiger partial charge < -0.3 is 4.90 Å². The number of amides is 1. The van der Waals surface area contributed by atoms with Gasteiger partial charge in [0.05, 0.1) is 9.85 Å². The maximum absolute atomic E-state index is 12.0. The van der Waals surface area contributed by atoms with Crippen LogP contribution in [0.25, 0.3) is 0 Å². The van der Waals surface area contributed by atoms with Crippen molar-refractivity contribution in [1.82, 2.24) is 4.90 Å². The van der Waals surface area contributed by atoms with Crippen molar-refractivity contribution in [3.8, 4) is 0 Å². The fourth-order valence-electron chi connectivity index (χ4n) is 1.65. The van der Waals surface area contributed by atoms with Gasteiger partial charge in [0.2, 0.25) is 0 Å². The summed E-state index contributed by atoms with van der Waals surface area (Å²) in [6.45, 7) is 4.47. The van der Waals surface area contributed by atoms with Crippen molar-refractivity contribution in [3.63, 3.8) is 0 Å². The van der Waals surface area contributed by atoms with E-state index in [0.717, 1.165) is 12.1 Å². The minimum atomic E-state index is -0.864. The molecule has 0 aliphatic rings. The van der Waals surface area contributed by atoms with Gasteiger partial charge in [-0.3, -0.25) is 25.0 Å². The van der Waals surface area contributed by atoms with E-state index in [0.29, 0.717) is 13.1 Å². The largest absolute Gasteiger partial charge is 0.346 e. The first kappa shape index (κ1) is 14.6. The summed E-state index contributed by atoms with van der Waals surface area (Å²) in [6.07, 6.45) is 0. The predicted octanol–water partition coefficient (Wildman–Crippen LogP) is 1.98. The third-order valence-electron chi connectivity index (χ3n) is 2.67. The molecule has 0 radical (unpaired) electrons. The Balaban J connectivity index is 3.26. The van der Waals surface area contributed by atoms with Crippen molar-refractivity contribution >= 4 is 17.3 Å². The Morgan fingerprint density at radius 2 is 1.63 bits per heavy atom. The second kappa shape index (κ2) is 5.89. The zero-order valence-corrected chi connectivity index (χ0v) is 10.5. The van der Waals surface area contributed by atoms with E-state index >= 15 is 0 Å². The van der Waals surface area contributed by atoms with E-state index in [9.17, 15) is 25.0 Å². The van der Waals surface area contributed by atoms with Crippen LogP contribution in [-0.4, -0.2) is 33.7 Å². The van der Waals surface area contributed by atoms with Gasteiger partial charge in [0.25, 0.3) is 5.91 Å². The van der Waals surface area contributed by atoms with Gasteiger partial charge in [-0.2, -0.15) is 0 Å². The van der Waals surface area contributed by atoms with Crippen LogP contribution in [0.3, 0.4) is 0 Å². The number of hydrogen-bond donors (Lipinski definition) is 0. The molecule has 1 aromatic carbocycles. The van der Waals surface area contributed by atoms with E-state index in [1.807, 2.05) is 0 Å². The summed E-state index contributed by atoms with van der Waals surface area (Å²) in [6, 6.07) is 3.15. The molecule has 0 spiro atoms. The van der Waals surface area contributed by atoms with Crippen molar-refractivity contribution in [2.45, 2.75) is 13.8 Å². The smallest absolute Gasteiger partial charge is 0.339 e. The van der Waals surface area contributed by atoms with Crippen LogP contribution in [0.1, 0.15) is 24.2 Å². The molecule has 0 unspecified atom stereocenters. The molecule has 0 aromatic heterocycles. The Hall–Kier alpha value is -2.51. The van der Waals surface area contributed by atoms with Crippen molar-refractivity contribution in [1.29, 1.82) is 0 Å². The van der Waals surface area contributed by atoms with Crippen LogP contribution in [0.4, 0.5) is 11.4 Å². The summed E-state index contributed by atoms with van der Waals surface area (Å²) in [4.78, 5) is 33.2. The van der Waals surface area contributed by atoms with Crippen LogP contribution in [0.5, 0.6) is 0 Å². The lowest BCUT2D eigenvalue weighted by Crippen LogP contribution is -2.30. The predicted molar refractivity (Wildman–Crippen MR) is 67.0 cm³/mol. The van der Waals surface area contributed by atoms with Crippen LogP contribution in [-0.2, 0) is 0 Å². The molecule has 0 N–H and O–H groups in total. The van der Waals surface area contributed by atoms with Gasteiger partial charge >= 0.3 is 11.4 Å². The van der Waals surface area contributed by atoms with E-state index < -0.39 is 21.2 Å². The molecule has 0 saturated carbocycles. The molecular weight excluding hydrogens is 254 g/mol. The average Bonchev–Trinajstić information content (AvgIpc) is 2.39. The first-order chi connectivity index (χ1) is 8.92. The third-order valence-corrected chi connectivity index (χ3v) is 2.67. The van der Waals surface area contributed by atoms with Crippen LogP contribution in [0, 0.1) is 20.2 Å². The molecule has 19 heavy (non-hydrogen) atoms. The fourth-order valence-corrected chi connectivity index (χ4v) is 1.65. The highest BCUT2D eigenvalue weighted by molar-refractivity contribution is 5.95. The summed E-state index contributed by atoms with van der Waals surface area (Å²) < 4.78 is 0. The number of rotatable bonds is 5. The molecule has 1 aromatic rings. The second-order valence-corrected chi connectivity index (χ2v) is 3.70. The number of hydrogen-bond acceptors (Lipinski definition) is 5. The summed E-state index contributed by atoms with van der Waals surface area (Å²) in [5, 5.41) is 21.4. The minimum absolute atomic E-state index is 0.0704. The molecule has 8 nitrogen and oxygen atoms in total. The first-order valence-electron chi connectivity index (χ1n) is 5.64. The van der Waals surface area contributed by atoms with Crippen LogP contribution < -0.4 is 0 Å². The molecule has 0 saturated heterocycles. The van der Waals surface area contributed by atoms with E-state index in [4.69, 9.17) is 0 Å². The van der Waals surface area contributed by atoms with Gasteiger partial charge in [0, 0.05) is 30.8 Å². The maximum Gasteiger partial charge on any atom is 0.346 e. The molecule has 1 amide bonds. The standard InChI is InChI=1S/C11H13N3O5/c1-3-12(4-2)11(15)8-5-6-9(13(16)17)10(7-8)14(18)19/h5-7H,3-4H2,1-2H3. The molecule has 0 fully saturated rings. The van der Waals surface area contributed by atoms with Crippen molar-refractivity contribution < 1.29 is 14.6 Å². The molecule has 0 atom stereocenters. The highest BCUT2D eigenvalue weighted by Crippen LogP contribution is 2.27. The Morgan fingerprint density at radius 1 is 1.11 bits per heavy atom. The fraction of sp³-hybridized carbons (Fsp3) is 0.364. The van der Waals surface area contributed by atoms with Gasteiger partial charge in [0.15, 0.2) is 0 Å². The number of carbonyl (C=O) groups is 1. The third kappa shape index (κ3) is 3.03. The minimum Gasteiger partial charge on any atom is -0.339 e. The van der Waals surface area contributed by atoms with E-state index in [1.165, 1.54) is 11.0 Å². The average molecular weight is 267 g/mol. The SMILES string of the molecule is CCN(CC)C(=O)c1ccc([N+](=O)[O-])c([N+](=O)[O-])c1. The summed E-state index contributed by atoms with van der Waals surface area (Å²) >= 11 is 0. The van der Waals surface area contributed by atoms with Crippen LogP contribution >= 0.6 is 0 Å². The molecule has 102 valence electrons. The van der Waals surface area contributed by atoms with Crippen molar-refractivity contribution in [2.24, 2.45) is 0 Å². The summed E-state index contributed by atoms with van der Waals surface area (Å²) in [7, 11) is 0. The normalized spacial score (nSPS) is 10.0. The molecular formula is C11H13N3O5. The lowest BCUT2D eigenvalue weighted by molar-refractivity contribution is -0.422. The van der Waals surface area contributed by atoms with Crippen molar-refractivity contribution in [3.05, 3.63) is 44.0 Å². The van der Waals surface area contributed by atoms with Crippen LogP contribution in [0.15, 0.2) is 18.2 Å². The Labute approximate surface area is 108 Å². The highest BCUT2D eigenvalue weighted by atomic mass is 16.6. The number of nitro benzene ring substituents is 2. The molecule has 0 bridgehead atoms. The lowest BCUT2D eigenvalue weighted by atomic mass is 10.1. The quantitative estimate of drug-likeness (QED) is 0.598. The number of benzene rings is 1. The Kier molecular flexibility index (Phi) is 4.51. The zero-order valence-electron chi connectivity index (χ0n) is 10.5. The number of nitrogens with zero attached hydrogens (tertiary/aromatic N) is 3. The van der Waals surface area contributed by atoms with Crippen LogP contribution in [0.2, 0.25) is 0 Å². The monoisotopic (exact) mass is 267 g/mol. The van der Waals surface area contributed by atoms with E-state index in [-0.39, 0.29) is 11.5 Å². The molecule has 1 rings (SSSR count). The van der Waals surface area contributed by atoms with E-state index in [1.54, 1.807) is 13.8 Å². The topological polar surface area (TPSA) is 107 Å². The maximum atomic E-state index is 12.0. The molecule has 0 heterocycles. The number of nitro groups is 2. The summed E-state index contributed by atoms with van der Waals surface area (Å²) in [5.74, 6) is -0.386. The van der Waals surface area contributed by atoms with Gasteiger partial charge in [0.1, 0.15) is 0 Å². The molecule has 8 heteroatoms. The second-order valence-electron chi connectivity index (χ2n) is 3.70. The number of carbonyl (C=O) groups excluding carboxylic acids is 1.